The van der Waals surface area contributed by atoms with Crippen molar-refractivity contribution in [3.8, 4) is 0 Å². The van der Waals surface area contributed by atoms with Crippen molar-refractivity contribution >= 4 is 21.7 Å². The van der Waals surface area contributed by atoms with Crippen LogP contribution in [-0.2, 0) is 12.8 Å². The van der Waals surface area contributed by atoms with Crippen molar-refractivity contribution in [1.29, 1.82) is 0 Å². The van der Waals surface area contributed by atoms with Crippen LogP contribution in [0.4, 0.5) is 5.82 Å². The Balaban J connectivity index is 2.32. The van der Waals surface area contributed by atoms with Crippen LogP contribution in [0.25, 0.3) is 0 Å². The zero-order chi connectivity index (χ0) is 13.8. The van der Waals surface area contributed by atoms with Gasteiger partial charge in [0.1, 0.15) is 11.6 Å². The van der Waals surface area contributed by atoms with Gasteiger partial charge in [-0.25, -0.2) is 9.97 Å². The van der Waals surface area contributed by atoms with Crippen molar-refractivity contribution in [2.24, 2.45) is 0 Å². The summed E-state index contributed by atoms with van der Waals surface area (Å²) in [5.41, 5.74) is 3.55. The van der Waals surface area contributed by atoms with Gasteiger partial charge in [-0.2, -0.15) is 0 Å². The van der Waals surface area contributed by atoms with Gasteiger partial charge in [-0.15, -0.1) is 0 Å². The molecule has 0 fully saturated rings. The van der Waals surface area contributed by atoms with Gasteiger partial charge in [-0.3, -0.25) is 0 Å². The fourth-order valence-electron chi connectivity index (χ4n) is 1.91. The zero-order valence-corrected chi connectivity index (χ0v) is 13.1. The molecule has 0 bridgehead atoms. The highest BCUT2D eigenvalue weighted by Gasteiger charge is 2.10. The molecular weight excluding hydrogens is 302 g/mol. The Morgan fingerprint density at radius 1 is 1.16 bits per heavy atom. The zero-order valence-electron chi connectivity index (χ0n) is 11.5. The molecular formula is C15H18BrN3. The monoisotopic (exact) mass is 319 g/mol. The van der Waals surface area contributed by atoms with Crippen LogP contribution in [0.3, 0.4) is 0 Å². The Morgan fingerprint density at radius 3 is 2.42 bits per heavy atom. The number of anilines is 1. The van der Waals surface area contributed by atoms with E-state index in [4.69, 9.17) is 0 Å². The molecule has 19 heavy (non-hydrogen) atoms. The van der Waals surface area contributed by atoms with Crippen molar-refractivity contribution in [2.45, 2.75) is 26.7 Å². The first-order valence-electron chi connectivity index (χ1n) is 6.42. The molecule has 0 unspecified atom stereocenters. The third kappa shape index (κ3) is 3.32. The highest BCUT2D eigenvalue weighted by Crippen LogP contribution is 2.24. The highest BCUT2D eigenvalue weighted by atomic mass is 79.9. The topological polar surface area (TPSA) is 37.8 Å². The van der Waals surface area contributed by atoms with Crippen LogP contribution < -0.4 is 5.32 Å². The summed E-state index contributed by atoms with van der Waals surface area (Å²) in [6, 6.07) is 8.50. The lowest BCUT2D eigenvalue weighted by atomic mass is 10.1. The minimum absolute atomic E-state index is 0.759. The number of aromatic nitrogens is 2. The SMILES string of the molecule is CCc1nc(Cc2ccc(C)cc2)nc(NC)c1Br. The molecule has 2 aromatic rings. The number of hydrogen-bond acceptors (Lipinski definition) is 3. The quantitative estimate of drug-likeness (QED) is 0.932. The summed E-state index contributed by atoms with van der Waals surface area (Å²) < 4.78 is 0.963. The number of benzene rings is 1. The average molecular weight is 320 g/mol. The first-order valence-corrected chi connectivity index (χ1v) is 7.22. The van der Waals surface area contributed by atoms with Crippen molar-refractivity contribution in [3.63, 3.8) is 0 Å². The number of rotatable bonds is 4. The summed E-state index contributed by atoms with van der Waals surface area (Å²) in [6.07, 6.45) is 1.65. The maximum atomic E-state index is 4.62. The molecule has 1 N–H and O–H groups in total. The Morgan fingerprint density at radius 2 is 1.84 bits per heavy atom. The summed E-state index contributed by atoms with van der Waals surface area (Å²) in [5, 5.41) is 3.11. The Kier molecular flexibility index (Phi) is 4.53. The molecule has 0 aliphatic carbocycles. The minimum atomic E-state index is 0.759. The second kappa shape index (κ2) is 6.15. The predicted molar refractivity (Wildman–Crippen MR) is 82.6 cm³/mol. The normalized spacial score (nSPS) is 10.5. The van der Waals surface area contributed by atoms with Crippen LogP contribution in [0.2, 0.25) is 0 Å². The van der Waals surface area contributed by atoms with E-state index < -0.39 is 0 Å². The van der Waals surface area contributed by atoms with E-state index in [0.29, 0.717) is 0 Å². The van der Waals surface area contributed by atoms with E-state index in [0.717, 1.165) is 34.7 Å². The molecule has 0 spiro atoms. The molecule has 0 saturated heterocycles. The maximum Gasteiger partial charge on any atom is 0.144 e. The predicted octanol–water partition coefficient (Wildman–Crippen LogP) is 3.74. The van der Waals surface area contributed by atoms with Gasteiger partial charge in [0.05, 0.1) is 10.2 Å². The molecule has 0 radical (unpaired) electrons. The third-order valence-corrected chi connectivity index (χ3v) is 3.85. The second-order valence-corrected chi connectivity index (χ2v) is 5.31. The molecule has 3 nitrogen and oxygen atoms in total. The second-order valence-electron chi connectivity index (χ2n) is 4.52. The van der Waals surface area contributed by atoms with Crippen molar-refractivity contribution in [1.82, 2.24) is 9.97 Å². The number of halogens is 1. The number of nitrogens with one attached hydrogen (secondary N) is 1. The van der Waals surface area contributed by atoms with Crippen LogP contribution in [0.15, 0.2) is 28.7 Å². The van der Waals surface area contributed by atoms with E-state index >= 15 is 0 Å². The minimum Gasteiger partial charge on any atom is -0.372 e. The van der Waals surface area contributed by atoms with E-state index in [1.54, 1.807) is 0 Å². The lowest BCUT2D eigenvalue weighted by molar-refractivity contribution is 0.898. The molecule has 100 valence electrons. The lowest BCUT2D eigenvalue weighted by Crippen LogP contribution is -2.06. The van der Waals surface area contributed by atoms with Crippen molar-refractivity contribution in [3.05, 3.63) is 51.4 Å². The van der Waals surface area contributed by atoms with Gasteiger partial charge < -0.3 is 5.32 Å². The van der Waals surface area contributed by atoms with E-state index in [2.05, 4.69) is 69.3 Å². The largest absolute Gasteiger partial charge is 0.372 e. The first-order chi connectivity index (χ1) is 9.13. The molecule has 4 heteroatoms. The van der Waals surface area contributed by atoms with Gasteiger partial charge in [0.15, 0.2) is 0 Å². The van der Waals surface area contributed by atoms with Crippen molar-refractivity contribution < 1.29 is 0 Å². The van der Waals surface area contributed by atoms with Gasteiger partial charge in [0, 0.05) is 13.5 Å². The molecule has 0 aliphatic heterocycles. The summed E-state index contributed by atoms with van der Waals surface area (Å²) >= 11 is 3.54. The third-order valence-electron chi connectivity index (χ3n) is 3.02. The van der Waals surface area contributed by atoms with Gasteiger partial charge in [-0.1, -0.05) is 36.8 Å². The molecule has 0 atom stereocenters. The lowest BCUT2D eigenvalue weighted by Gasteiger charge is -2.10. The van der Waals surface area contributed by atoms with E-state index in [-0.39, 0.29) is 0 Å². The van der Waals surface area contributed by atoms with Crippen LogP contribution in [0.5, 0.6) is 0 Å². The molecule has 0 saturated carbocycles. The van der Waals surface area contributed by atoms with E-state index in [1.807, 2.05) is 7.05 Å². The van der Waals surface area contributed by atoms with Crippen LogP contribution in [0.1, 0.15) is 29.6 Å². The molecule has 1 aromatic carbocycles. The number of hydrogen-bond donors (Lipinski definition) is 1. The van der Waals surface area contributed by atoms with Gasteiger partial charge >= 0.3 is 0 Å². The van der Waals surface area contributed by atoms with Crippen LogP contribution in [0, 0.1) is 6.92 Å². The van der Waals surface area contributed by atoms with Gasteiger partial charge in [-0.05, 0) is 34.8 Å². The first kappa shape index (κ1) is 14.0. The van der Waals surface area contributed by atoms with Crippen molar-refractivity contribution in [2.75, 3.05) is 12.4 Å². The van der Waals surface area contributed by atoms with Crippen LogP contribution >= 0.6 is 15.9 Å². The molecule has 0 aliphatic rings. The number of aryl methyl sites for hydroxylation is 2. The molecule has 1 aromatic heterocycles. The van der Waals surface area contributed by atoms with Gasteiger partial charge in [0.25, 0.3) is 0 Å². The summed E-state index contributed by atoms with van der Waals surface area (Å²) in [4.78, 5) is 9.17. The smallest absolute Gasteiger partial charge is 0.144 e. The van der Waals surface area contributed by atoms with Gasteiger partial charge in [0.2, 0.25) is 0 Å². The standard InChI is InChI=1S/C15H18BrN3/c1-4-12-14(16)15(17-3)19-13(18-12)9-11-7-5-10(2)6-8-11/h5-8H,4,9H2,1-3H3,(H,17,18,19). The molecule has 1 heterocycles. The Hall–Kier alpha value is -1.42. The maximum absolute atomic E-state index is 4.62. The molecule has 0 amide bonds. The summed E-state index contributed by atoms with van der Waals surface area (Å²) in [7, 11) is 1.88. The number of nitrogens with zero attached hydrogens (tertiary/aromatic N) is 2. The average Bonchev–Trinajstić information content (AvgIpc) is 2.43. The van der Waals surface area contributed by atoms with E-state index in [9.17, 15) is 0 Å². The fourth-order valence-corrected chi connectivity index (χ4v) is 2.57. The fraction of sp³-hybridized carbons (Fsp3) is 0.333. The van der Waals surface area contributed by atoms with E-state index in [1.165, 1.54) is 11.1 Å². The highest BCUT2D eigenvalue weighted by molar-refractivity contribution is 9.10. The summed E-state index contributed by atoms with van der Waals surface area (Å²) in [6.45, 7) is 4.19. The molecule has 2 rings (SSSR count). The Bertz CT molecular complexity index is 539. The Labute approximate surface area is 122 Å². The van der Waals surface area contributed by atoms with Crippen LogP contribution in [-0.4, -0.2) is 17.0 Å². The summed E-state index contributed by atoms with van der Waals surface area (Å²) in [5.74, 6) is 1.71.